The van der Waals surface area contributed by atoms with E-state index in [1.165, 1.54) is 0 Å². The minimum Gasteiger partial charge on any atom is -0.477 e. The summed E-state index contributed by atoms with van der Waals surface area (Å²) in [6.07, 6.45) is 4.59. The SMILES string of the molecule is CCOc1cncc(N2CCC(Br)C2)n1. The zero-order chi connectivity index (χ0) is 10.7. The molecule has 1 aromatic rings. The van der Waals surface area contributed by atoms with Gasteiger partial charge in [0.2, 0.25) is 5.88 Å². The van der Waals surface area contributed by atoms with Crippen LogP contribution in [0.4, 0.5) is 5.82 Å². The second-order valence-electron chi connectivity index (χ2n) is 3.48. The van der Waals surface area contributed by atoms with Crippen molar-refractivity contribution in [1.82, 2.24) is 9.97 Å². The Morgan fingerprint density at radius 1 is 1.60 bits per heavy atom. The van der Waals surface area contributed by atoms with Gasteiger partial charge in [-0.25, -0.2) is 0 Å². The normalized spacial score (nSPS) is 20.7. The number of halogens is 1. The van der Waals surface area contributed by atoms with E-state index in [2.05, 4.69) is 30.8 Å². The molecule has 0 spiro atoms. The maximum Gasteiger partial charge on any atom is 0.234 e. The van der Waals surface area contributed by atoms with Gasteiger partial charge in [-0.2, -0.15) is 4.98 Å². The maximum atomic E-state index is 5.32. The minimum atomic E-state index is 0.565. The highest BCUT2D eigenvalue weighted by molar-refractivity contribution is 9.09. The summed E-state index contributed by atoms with van der Waals surface area (Å²) < 4.78 is 5.32. The van der Waals surface area contributed by atoms with Gasteiger partial charge in [0.15, 0.2) is 5.82 Å². The minimum absolute atomic E-state index is 0.565. The lowest BCUT2D eigenvalue weighted by Gasteiger charge is -2.16. The first-order chi connectivity index (χ1) is 7.29. The van der Waals surface area contributed by atoms with Crippen molar-refractivity contribution in [2.45, 2.75) is 18.2 Å². The lowest BCUT2D eigenvalue weighted by Crippen LogP contribution is -2.21. The van der Waals surface area contributed by atoms with Crippen LogP contribution >= 0.6 is 15.9 Å². The van der Waals surface area contributed by atoms with E-state index in [4.69, 9.17) is 4.74 Å². The van der Waals surface area contributed by atoms with E-state index in [0.717, 1.165) is 25.3 Å². The molecule has 0 aliphatic carbocycles. The van der Waals surface area contributed by atoms with E-state index in [-0.39, 0.29) is 0 Å². The molecule has 2 rings (SSSR count). The Morgan fingerprint density at radius 2 is 2.47 bits per heavy atom. The molecule has 0 bridgehead atoms. The molecule has 0 radical (unpaired) electrons. The van der Waals surface area contributed by atoms with Gasteiger partial charge in [-0.3, -0.25) is 4.98 Å². The molecule has 1 aromatic heterocycles. The summed E-state index contributed by atoms with van der Waals surface area (Å²) in [5.74, 6) is 1.51. The van der Waals surface area contributed by atoms with Gasteiger partial charge in [-0.05, 0) is 13.3 Å². The van der Waals surface area contributed by atoms with Crippen LogP contribution in [0.25, 0.3) is 0 Å². The van der Waals surface area contributed by atoms with Gasteiger partial charge in [-0.1, -0.05) is 15.9 Å². The van der Waals surface area contributed by atoms with E-state index in [9.17, 15) is 0 Å². The molecule has 82 valence electrons. The molecule has 0 saturated carbocycles. The number of hydrogen-bond acceptors (Lipinski definition) is 4. The molecule has 1 fully saturated rings. The first kappa shape index (κ1) is 10.7. The van der Waals surface area contributed by atoms with Gasteiger partial charge in [0.1, 0.15) is 0 Å². The van der Waals surface area contributed by atoms with E-state index in [0.29, 0.717) is 17.3 Å². The fourth-order valence-corrected chi connectivity index (χ4v) is 2.19. The van der Waals surface area contributed by atoms with Gasteiger partial charge in [0, 0.05) is 17.9 Å². The molecule has 2 heterocycles. The number of aromatic nitrogens is 2. The summed E-state index contributed by atoms with van der Waals surface area (Å²) in [5, 5.41) is 0. The molecular formula is C10H14BrN3O. The van der Waals surface area contributed by atoms with Crippen LogP contribution < -0.4 is 9.64 Å². The molecule has 1 unspecified atom stereocenters. The molecule has 15 heavy (non-hydrogen) atoms. The van der Waals surface area contributed by atoms with Crippen LogP contribution in [-0.2, 0) is 0 Å². The Balaban J connectivity index is 2.10. The highest BCUT2D eigenvalue weighted by Crippen LogP contribution is 2.22. The predicted molar refractivity (Wildman–Crippen MR) is 62.7 cm³/mol. The van der Waals surface area contributed by atoms with Crippen molar-refractivity contribution in [2.24, 2.45) is 0 Å². The number of rotatable bonds is 3. The zero-order valence-corrected chi connectivity index (χ0v) is 10.3. The van der Waals surface area contributed by atoms with Crippen molar-refractivity contribution in [3.8, 4) is 5.88 Å². The van der Waals surface area contributed by atoms with Gasteiger partial charge >= 0.3 is 0 Å². The zero-order valence-electron chi connectivity index (χ0n) is 8.69. The van der Waals surface area contributed by atoms with E-state index in [1.807, 2.05) is 6.92 Å². The highest BCUT2D eigenvalue weighted by Gasteiger charge is 2.21. The Kier molecular flexibility index (Phi) is 3.41. The number of ether oxygens (including phenoxy) is 1. The van der Waals surface area contributed by atoms with E-state index in [1.54, 1.807) is 12.4 Å². The second-order valence-corrected chi connectivity index (χ2v) is 4.78. The van der Waals surface area contributed by atoms with Crippen molar-refractivity contribution < 1.29 is 4.74 Å². The first-order valence-electron chi connectivity index (χ1n) is 5.13. The van der Waals surface area contributed by atoms with Crippen LogP contribution in [-0.4, -0.2) is 34.5 Å². The molecule has 1 saturated heterocycles. The Hall–Kier alpha value is -0.840. The second kappa shape index (κ2) is 4.79. The van der Waals surface area contributed by atoms with Gasteiger partial charge < -0.3 is 9.64 Å². The average molecular weight is 272 g/mol. The van der Waals surface area contributed by atoms with Crippen LogP contribution in [0.5, 0.6) is 5.88 Å². The van der Waals surface area contributed by atoms with Gasteiger partial charge in [0.05, 0.1) is 19.0 Å². The molecule has 5 heteroatoms. The third kappa shape index (κ3) is 2.59. The summed E-state index contributed by atoms with van der Waals surface area (Å²) >= 11 is 3.60. The van der Waals surface area contributed by atoms with Crippen LogP contribution in [0.1, 0.15) is 13.3 Å². The molecular weight excluding hydrogens is 258 g/mol. The highest BCUT2D eigenvalue weighted by atomic mass is 79.9. The Morgan fingerprint density at radius 3 is 3.13 bits per heavy atom. The summed E-state index contributed by atoms with van der Waals surface area (Å²) in [6, 6.07) is 0. The molecule has 1 aliphatic heterocycles. The smallest absolute Gasteiger partial charge is 0.234 e. The molecule has 4 nitrogen and oxygen atoms in total. The summed E-state index contributed by atoms with van der Waals surface area (Å²) in [6.45, 7) is 4.59. The van der Waals surface area contributed by atoms with Crippen molar-refractivity contribution in [2.75, 3.05) is 24.6 Å². The third-order valence-electron chi connectivity index (χ3n) is 2.35. The lowest BCUT2D eigenvalue weighted by atomic mass is 10.4. The number of alkyl halides is 1. The molecule has 0 amide bonds. The van der Waals surface area contributed by atoms with Crippen molar-refractivity contribution in [1.29, 1.82) is 0 Å². The number of nitrogens with zero attached hydrogens (tertiary/aromatic N) is 3. The Labute approximate surface area is 97.8 Å². The third-order valence-corrected chi connectivity index (χ3v) is 3.09. The maximum absolute atomic E-state index is 5.32. The number of hydrogen-bond donors (Lipinski definition) is 0. The van der Waals surface area contributed by atoms with Crippen molar-refractivity contribution in [3.05, 3.63) is 12.4 Å². The van der Waals surface area contributed by atoms with Crippen LogP contribution in [0, 0.1) is 0 Å². The summed E-state index contributed by atoms with van der Waals surface area (Å²) in [7, 11) is 0. The first-order valence-corrected chi connectivity index (χ1v) is 6.05. The van der Waals surface area contributed by atoms with E-state index >= 15 is 0 Å². The fourth-order valence-electron chi connectivity index (χ4n) is 1.63. The Bertz CT molecular complexity index is 334. The molecule has 1 atom stereocenters. The van der Waals surface area contributed by atoms with E-state index < -0.39 is 0 Å². The quantitative estimate of drug-likeness (QED) is 0.787. The largest absolute Gasteiger partial charge is 0.477 e. The monoisotopic (exact) mass is 271 g/mol. The standard InChI is InChI=1S/C10H14BrN3O/c1-2-15-10-6-12-5-9(13-10)14-4-3-8(11)7-14/h5-6,8H,2-4,7H2,1H3. The predicted octanol–water partition coefficient (Wildman–Crippen LogP) is 1.85. The van der Waals surface area contributed by atoms with Crippen LogP contribution in [0.15, 0.2) is 12.4 Å². The van der Waals surface area contributed by atoms with Crippen LogP contribution in [0.2, 0.25) is 0 Å². The molecule has 0 aromatic carbocycles. The van der Waals surface area contributed by atoms with Gasteiger partial charge in [0.25, 0.3) is 0 Å². The average Bonchev–Trinajstić information content (AvgIpc) is 2.66. The topological polar surface area (TPSA) is 38.2 Å². The number of anilines is 1. The summed E-state index contributed by atoms with van der Waals surface area (Å²) in [5.41, 5.74) is 0. The summed E-state index contributed by atoms with van der Waals surface area (Å²) in [4.78, 5) is 11.3. The van der Waals surface area contributed by atoms with Crippen LogP contribution in [0.3, 0.4) is 0 Å². The fraction of sp³-hybridized carbons (Fsp3) is 0.600. The lowest BCUT2D eigenvalue weighted by molar-refractivity contribution is 0.325. The molecule has 1 aliphatic rings. The van der Waals surface area contributed by atoms with Crippen molar-refractivity contribution in [3.63, 3.8) is 0 Å². The molecule has 0 N–H and O–H groups in total. The van der Waals surface area contributed by atoms with Gasteiger partial charge in [-0.15, -0.1) is 0 Å². The van der Waals surface area contributed by atoms with Crippen molar-refractivity contribution >= 4 is 21.7 Å².